The minimum atomic E-state index is -1.26. The monoisotopic (exact) mass is 329 g/mol. The van der Waals surface area contributed by atoms with E-state index in [1.807, 2.05) is 5.43 Å². The Balaban J connectivity index is 3.21. The maximum atomic E-state index is 13.9. The Morgan fingerprint density at radius 3 is 2.43 bits per heavy atom. The molecule has 0 aliphatic heterocycles. The summed E-state index contributed by atoms with van der Waals surface area (Å²) in [7, 11) is 0. The van der Waals surface area contributed by atoms with Crippen LogP contribution in [0, 0.1) is 11.6 Å². The number of amides is 2. The normalized spacial score (nSPS) is 12.6. The van der Waals surface area contributed by atoms with Gasteiger partial charge in [0.05, 0.1) is 0 Å². The van der Waals surface area contributed by atoms with E-state index >= 15 is 0 Å². The van der Waals surface area contributed by atoms with E-state index in [1.165, 1.54) is 0 Å². The van der Waals surface area contributed by atoms with E-state index in [-0.39, 0.29) is 18.4 Å². The molecule has 8 heteroatoms. The first-order chi connectivity index (χ1) is 10.6. The molecule has 0 aliphatic rings. The Kier molecular flexibility index (Phi) is 6.03. The molecule has 128 valence electrons. The number of hydrogen-bond donors (Lipinski definition) is 3. The number of rotatable bonds is 5. The fourth-order valence-corrected chi connectivity index (χ4v) is 2.47. The quantitative estimate of drug-likeness (QED) is 0.437. The number of hydrogen-bond acceptors (Lipinski definition) is 3. The minimum absolute atomic E-state index is 0.00433. The first kappa shape index (κ1) is 18.8. The fourth-order valence-electron chi connectivity index (χ4n) is 2.47. The highest BCUT2D eigenvalue weighted by molar-refractivity contribution is 5.77. The summed E-state index contributed by atoms with van der Waals surface area (Å²) in [6.45, 7) is 4.95. The second-order valence-electron chi connectivity index (χ2n) is 6.19. The zero-order valence-electron chi connectivity index (χ0n) is 13.3. The van der Waals surface area contributed by atoms with Crippen LogP contribution in [0.5, 0.6) is 0 Å². The molecule has 0 fully saturated rings. The highest BCUT2D eigenvalue weighted by atomic mass is 19.1. The molecule has 0 radical (unpaired) electrons. The van der Waals surface area contributed by atoms with Crippen molar-refractivity contribution in [3.63, 3.8) is 0 Å². The molecular formula is C15H21F2N3O3. The van der Waals surface area contributed by atoms with Gasteiger partial charge in [0.15, 0.2) is 0 Å². The van der Waals surface area contributed by atoms with Gasteiger partial charge in [-0.3, -0.25) is 15.1 Å². The van der Waals surface area contributed by atoms with Gasteiger partial charge in [0.2, 0.25) is 5.91 Å². The van der Waals surface area contributed by atoms with Crippen LogP contribution in [0.2, 0.25) is 0 Å². The van der Waals surface area contributed by atoms with Gasteiger partial charge in [0, 0.05) is 18.0 Å². The third kappa shape index (κ3) is 5.17. The van der Waals surface area contributed by atoms with Crippen molar-refractivity contribution in [1.82, 2.24) is 10.3 Å². The standard InChI is InChI=1S/C15H21F2N3O3/c1-15(2,3)20(14(22)23)11(8-13(21)19-18)7-9-6-10(16)4-5-12(9)17/h4-6,11H,7-8,18H2,1-3H3,(H,19,21)(H,22,23)/t11-/m1/s1. The van der Waals surface area contributed by atoms with Crippen molar-refractivity contribution in [3.8, 4) is 0 Å². The largest absolute Gasteiger partial charge is 0.465 e. The molecular weight excluding hydrogens is 308 g/mol. The van der Waals surface area contributed by atoms with Crippen molar-refractivity contribution < 1.29 is 23.5 Å². The summed E-state index contributed by atoms with van der Waals surface area (Å²) in [6.07, 6.45) is -1.68. The predicted octanol–water partition coefficient (Wildman–Crippen LogP) is 2.03. The van der Waals surface area contributed by atoms with Gasteiger partial charge >= 0.3 is 6.09 Å². The van der Waals surface area contributed by atoms with Crippen LogP contribution in [-0.4, -0.2) is 33.6 Å². The lowest BCUT2D eigenvalue weighted by Crippen LogP contribution is -2.53. The van der Waals surface area contributed by atoms with E-state index in [4.69, 9.17) is 5.84 Å². The van der Waals surface area contributed by atoms with Crippen LogP contribution < -0.4 is 11.3 Å². The predicted molar refractivity (Wildman–Crippen MR) is 80.4 cm³/mol. The number of nitrogens with zero attached hydrogens (tertiary/aromatic N) is 1. The lowest BCUT2D eigenvalue weighted by molar-refractivity contribution is -0.122. The summed E-state index contributed by atoms with van der Waals surface area (Å²) in [5, 5.41) is 9.46. The zero-order valence-corrected chi connectivity index (χ0v) is 13.3. The molecule has 0 saturated heterocycles. The number of nitrogens with two attached hydrogens (primary N) is 1. The van der Waals surface area contributed by atoms with E-state index in [2.05, 4.69) is 0 Å². The van der Waals surface area contributed by atoms with Gasteiger partial charge < -0.3 is 5.11 Å². The average molecular weight is 329 g/mol. The van der Waals surface area contributed by atoms with Crippen LogP contribution in [0.3, 0.4) is 0 Å². The first-order valence-corrected chi connectivity index (χ1v) is 7.02. The summed E-state index contributed by atoms with van der Waals surface area (Å²) in [4.78, 5) is 24.2. The summed E-state index contributed by atoms with van der Waals surface area (Å²) in [5.74, 6) is 3.16. The van der Waals surface area contributed by atoms with E-state index < -0.39 is 35.2 Å². The van der Waals surface area contributed by atoms with Gasteiger partial charge in [-0.25, -0.2) is 19.4 Å². The van der Waals surface area contributed by atoms with Gasteiger partial charge in [-0.1, -0.05) is 0 Å². The van der Waals surface area contributed by atoms with Gasteiger partial charge in [0.1, 0.15) is 11.6 Å². The van der Waals surface area contributed by atoms with Crippen molar-refractivity contribution in [2.45, 2.75) is 45.2 Å². The molecule has 0 unspecified atom stereocenters. The van der Waals surface area contributed by atoms with Crippen LogP contribution in [0.1, 0.15) is 32.8 Å². The molecule has 6 nitrogen and oxygen atoms in total. The summed E-state index contributed by atoms with van der Waals surface area (Å²) < 4.78 is 27.2. The number of carboxylic acid groups (broad SMARTS) is 1. The smallest absolute Gasteiger partial charge is 0.408 e. The second kappa shape index (κ2) is 7.36. The van der Waals surface area contributed by atoms with Crippen LogP contribution >= 0.6 is 0 Å². The molecule has 1 atom stereocenters. The average Bonchev–Trinajstić information content (AvgIpc) is 2.40. The summed E-state index contributed by atoms with van der Waals surface area (Å²) in [5.41, 5.74) is 1.08. The summed E-state index contributed by atoms with van der Waals surface area (Å²) in [6, 6.07) is 2.03. The zero-order chi connectivity index (χ0) is 17.8. The first-order valence-electron chi connectivity index (χ1n) is 7.02. The van der Waals surface area contributed by atoms with Gasteiger partial charge in [-0.2, -0.15) is 0 Å². The second-order valence-corrected chi connectivity index (χ2v) is 6.19. The molecule has 0 bridgehead atoms. The third-order valence-corrected chi connectivity index (χ3v) is 3.34. The van der Waals surface area contributed by atoms with Crippen molar-refractivity contribution in [3.05, 3.63) is 35.4 Å². The molecule has 1 aromatic carbocycles. The van der Waals surface area contributed by atoms with Gasteiger partial charge in [-0.05, 0) is 51.0 Å². The molecule has 23 heavy (non-hydrogen) atoms. The Morgan fingerprint density at radius 1 is 1.35 bits per heavy atom. The number of carbonyl (C=O) groups excluding carboxylic acids is 1. The topological polar surface area (TPSA) is 95.7 Å². The van der Waals surface area contributed by atoms with Crippen LogP contribution in [0.25, 0.3) is 0 Å². The van der Waals surface area contributed by atoms with Gasteiger partial charge in [0.25, 0.3) is 0 Å². The maximum absolute atomic E-state index is 13.9. The van der Waals surface area contributed by atoms with E-state index in [0.717, 1.165) is 23.1 Å². The van der Waals surface area contributed by atoms with Crippen molar-refractivity contribution >= 4 is 12.0 Å². The van der Waals surface area contributed by atoms with Gasteiger partial charge in [-0.15, -0.1) is 0 Å². The highest BCUT2D eigenvalue weighted by Crippen LogP contribution is 2.23. The van der Waals surface area contributed by atoms with E-state index in [9.17, 15) is 23.5 Å². The SMILES string of the molecule is CC(C)(C)N(C(=O)O)[C@@H](CC(=O)NN)Cc1cc(F)ccc1F. The Labute approximate surface area is 133 Å². The number of carbonyl (C=O) groups is 2. The molecule has 0 spiro atoms. The molecule has 0 heterocycles. The maximum Gasteiger partial charge on any atom is 0.408 e. The van der Waals surface area contributed by atoms with Crippen LogP contribution in [-0.2, 0) is 11.2 Å². The Morgan fingerprint density at radius 2 is 1.96 bits per heavy atom. The highest BCUT2D eigenvalue weighted by Gasteiger charge is 2.34. The van der Waals surface area contributed by atoms with Crippen molar-refractivity contribution in [1.29, 1.82) is 0 Å². The summed E-state index contributed by atoms with van der Waals surface area (Å²) >= 11 is 0. The van der Waals surface area contributed by atoms with Crippen molar-refractivity contribution in [2.75, 3.05) is 0 Å². The number of nitrogens with one attached hydrogen (secondary N) is 1. The molecule has 0 aliphatic carbocycles. The van der Waals surface area contributed by atoms with Crippen LogP contribution in [0.4, 0.5) is 13.6 Å². The molecule has 1 rings (SSSR count). The Bertz CT molecular complexity index is 588. The lowest BCUT2D eigenvalue weighted by atomic mass is 9.96. The van der Waals surface area contributed by atoms with E-state index in [1.54, 1.807) is 20.8 Å². The Hall–Kier alpha value is -2.22. The van der Waals surface area contributed by atoms with E-state index in [0.29, 0.717) is 0 Å². The molecule has 0 saturated carbocycles. The molecule has 4 N–H and O–H groups in total. The molecule has 0 aromatic heterocycles. The van der Waals surface area contributed by atoms with Crippen LogP contribution in [0.15, 0.2) is 18.2 Å². The number of halogens is 2. The molecule has 2 amide bonds. The number of hydrazine groups is 1. The fraction of sp³-hybridized carbons (Fsp3) is 0.467. The minimum Gasteiger partial charge on any atom is -0.465 e. The number of benzene rings is 1. The lowest BCUT2D eigenvalue weighted by Gasteiger charge is -2.39. The molecule has 1 aromatic rings. The van der Waals surface area contributed by atoms with Crippen molar-refractivity contribution in [2.24, 2.45) is 5.84 Å². The third-order valence-electron chi connectivity index (χ3n) is 3.34.